The van der Waals surface area contributed by atoms with Crippen LogP contribution in [0.25, 0.3) is 0 Å². The molecule has 0 aliphatic rings. The first-order valence-electron chi connectivity index (χ1n) is 14.0. The highest BCUT2D eigenvalue weighted by molar-refractivity contribution is 7.92. The number of amides is 2. The van der Waals surface area contributed by atoms with Crippen LogP contribution in [-0.2, 0) is 26.2 Å². The number of nitrogens with one attached hydrogen (secondary N) is 1. The molecule has 1 atom stereocenters. The van der Waals surface area contributed by atoms with Crippen LogP contribution in [0, 0.1) is 0 Å². The molecule has 0 saturated heterocycles. The molecule has 214 valence electrons. The van der Waals surface area contributed by atoms with Gasteiger partial charge in [-0.25, -0.2) is 8.42 Å². The van der Waals surface area contributed by atoms with Crippen LogP contribution in [0.15, 0.2) is 89.8 Å². The van der Waals surface area contributed by atoms with Gasteiger partial charge in [0.25, 0.3) is 10.0 Å². The minimum atomic E-state index is -4.07. The van der Waals surface area contributed by atoms with Gasteiger partial charge in [-0.3, -0.25) is 13.9 Å². The first-order chi connectivity index (χ1) is 19.2. The summed E-state index contributed by atoms with van der Waals surface area (Å²) >= 11 is 0. The van der Waals surface area contributed by atoms with E-state index in [-0.39, 0.29) is 23.3 Å². The van der Waals surface area contributed by atoms with Gasteiger partial charge in [-0.15, -0.1) is 0 Å². The van der Waals surface area contributed by atoms with Crippen molar-refractivity contribution < 1.29 is 18.0 Å². The van der Waals surface area contributed by atoms with E-state index in [2.05, 4.69) is 19.2 Å². The fraction of sp³-hybridized carbons (Fsp3) is 0.375. The van der Waals surface area contributed by atoms with Gasteiger partial charge in [-0.1, -0.05) is 94.8 Å². The van der Waals surface area contributed by atoms with E-state index in [1.807, 2.05) is 56.3 Å². The summed E-state index contributed by atoms with van der Waals surface area (Å²) in [5, 5.41) is 2.95. The van der Waals surface area contributed by atoms with Gasteiger partial charge in [0, 0.05) is 13.1 Å². The van der Waals surface area contributed by atoms with Crippen molar-refractivity contribution in [3.05, 3.63) is 96.1 Å². The van der Waals surface area contributed by atoms with Crippen molar-refractivity contribution in [2.24, 2.45) is 0 Å². The number of hydrogen-bond donors (Lipinski definition) is 1. The van der Waals surface area contributed by atoms with E-state index >= 15 is 0 Å². The normalized spacial score (nSPS) is 12.1. The number of carbonyl (C=O) groups is 2. The summed E-state index contributed by atoms with van der Waals surface area (Å²) in [5.74, 6) is -0.416. The molecule has 8 heteroatoms. The van der Waals surface area contributed by atoms with Gasteiger partial charge in [0.2, 0.25) is 11.8 Å². The van der Waals surface area contributed by atoms with Crippen LogP contribution in [0.2, 0.25) is 0 Å². The van der Waals surface area contributed by atoms with Crippen LogP contribution in [0.4, 0.5) is 5.69 Å². The zero-order valence-electron chi connectivity index (χ0n) is 23.9. The number of rotatable bonds is 14. The minimum absolute atomic E-state index is 0.0923. The molecular formula is C32H41N3O4S. The minimum Gasteiger partial charge on any atom is -0.354 e. The van der Waals surface area contributed by atoms with Crippen LogP contribution in [0.1, 0.15) is 64.0 Å². The lowest BCUT2D eigenvalue weighted by Gasteiger charge is -2.33. The lowest BCUT2D eigenvalue weighted by atomic mass is 10.0. The summed E-state index contributed by atoms with van der Waals surface area (Å²) in [6, 6.07) is 24.0. The van der Waals surface area contributed by atoms with Gasteiger partial charge in [0.05, 0.1) is 10.6 Å². The van der Waals surface area contributed by atoms with Crippen molar-refractivity contribution in [1.29, 1.82) is 0 Å². The molecule has 2 amide bonds. The van der Waals surface area contributed by atoms with Crippen molar-refractivity contribution in [3.8, 4) is 0 Å². The maximum atomic E-state index is 14.1. The van der Waals surface area contributed by atoms with E-state index in [0.29, 0.717) is 18.7 Å². The number of unbranched alkanes of at least 4 members (excludes halogenated alkanes) is 1. The Morgan fingerprint density at radius 1 is 0.850 bits per heavy atom. The average molecular weight is 564 g/mol. The maximum absolute atomic E-state index is 14.1. The third-order valence-electron chi connectivity index (χ3n) is 6.87. The summed E-state index contributed by atoms with van der Waals surface area (Å²) in [5.41, 5.74) is 2.31. The first-order valence-corrected chi connectivity index (χ1v) is 15.4. The third-order valence-corrected chi connectivity index (χ3v) is 8.66. The third kappa shape index (κ3) is 7.94. The predicted octanol–water partition coefficient (Wildman–Crippen LogP) is 5.73. The zero-order valence-corrected chi connectivity index (χ0v) is 24.7. The molecule has 0 bridgehead atoms. The Labute approximate surface area is 239 Å². The van der Waals surface area contributed by atoms with Crippen LogP contribution in [0.5, 0.6) is 0 Å². The SMILES string of the molecule is CCCCNC(=O)C(CC)N(Cc1ccccc1)C(=O)CN(c1ccc(C(C)C)cc1)S(=O)(=O)c1ccccc1. The highest BCUT2D eigenvalue weighted by Crippen LogP contribution is 2.26. The van der Waals surface area contributed by atoms with Gasteiger partial charge in [-0.2, -0.15) is 0 Å². The zero-order chi connectivity index (χ0) is 29.1. The van der Waals surface area contributed by atoms with Crippen LogP contribution >= 0.6 is 0 Å². The van der Waals surface area contributed by atoms with Gasteiger partial charge in [0.1, 0.15) is 12.6 Å². The number of hydrogen-bond acceptors (Lipinski definition) is 4. The molecular weight excluding hydrogens is 522 g/mol. The van der Waals surface area contributed by atoms with Crippen molar-refractivity contribution in [3.63, 3.8) is 0 Å². The van der Waals surface area contributed by atoms with E-state index < -0.39 is 28.5 Å². The fourth-order valence-electron chi connectivity index (χ4n) is 4.48. The summed E-state index contributed by atoms with van der Waals surface area (Å²) in [4.78, 5) is 28.9. The Morgan fingerprint density at radius 2 is 1.45 bits per heavy atom. The fourth-order valence-corrected chi connectivity index (χ4v) is 5.91. The average Bonchev–Trinajstić information content (AvgIpc) is 2.96. The molecule has 1 N–H and O–H groups in total. The van der Waals surface area contributed by atoms with E-state index in [1.54, 1.807) is 30.3 Å². The second kappa shape index (κ2) is 14.7. The molecule has 0 spiro atoms. The molecule has 40 heavy (non-hydrogen) atoms. The largest absolute Gasteiger partial charge is 0.354 e. The first kappa shape index (κ1) is 30.9. The Kier molecular flexibility index (Phi) is 11.3. The van der Waals surface area contributed by atoms with Crippen LogP contribution < -0.4 is 9.62 Å². The Hall–Kier alpha value is -3.65. The molecule has 1 unspecified atom stereocenters. The summed E-state index contributed by atoms with van der Waals surface area (Å²) in [6.07, 6.45) is 2.17. The quantitative estimate of drug-likeness (QED) is 0.254. The molecule has 0 radical (unpaired) electrons. The smallest absolute Gasteiger partial charge is 0.264 e. The molecule has 3 rings (SSSR count). The Bertz CT molecular complexity index is 1330. The molecule has 0 fully saturated rings. The maximum Gasteiger partial charge on any atom is 0.264 e. The number of nitrogens with zero attached hydrogens (tertiary/aromatic N) is 2. The number of anilines is 1. The summed E-state index contributed by atoms with van der Waals surface area (Å²) in [7, 11) is -4.07. The lowest BCUT2D eigenvalue weighted by Crippen LogP contribution is -2.52. The monoisotopic (exact) mass is 563 g/mol. The van der Waals surface area contributed by atoms with Gasteiger partial charge in [0.15, 0.2) is 0 Å². The molecule has 0 saturated carbocycles. The van der Waals surface area contributed by atoms with Gasteiger partial charge in [-0.05, 0) is 54.2 Å². The molecule has 0 aliphatic heterocycles. The molecule has 7 nitrogen and oxygen atoms in total. The van der Waals surface area contributed by atoms with Crippen LogP contribution in [0.3, 0.4) is 0 Å². The topological polar surface area (TPSA) is 86.8 Å². The Balaban J connectivity index is 2.02. The van der Waals surface area contributed by atoms with E-state index in [1.165, 1.54) is 17.0 Å². The summed E-state index contributed by atoms with van der Waals surface area (Å²) < 4.78 is 28.9. The van der Waals surface area contributed by atoms with Gasteiger partial charge >= 0.3 is 0 Å². The summed E-state index contributed by atoms with van der Waals surface area (Å²) in [6.45, 7) is 8.30. The van der Waals surface area contributed by atoms with E-state index in [0.717, 1.165) is 28.3 Å². The molecule has 0 aliphatic carbocycles. The van der Waals surface area contributed by atoms with Crippen molar-refractivity contribution >= 4 is 27.5 Å². The molecule has 0 heterocycles. The number of benzene rings is 3. The molecule has 3 aromatic carbocycles. The van der Waals surface area contributed by atoms with Crippen LogP contribution in [-0.4, -0.2) is 44.3 Å². The van der Waals surface area contributed by atoms with Crippen molar-refractivity contribution in [2.75, 3.05) is 17.4 Å². The highest BCUT2D eigenvalue weighted by Gasteiger charge is 2.33. The second-order valence-electron chi connectivity index (χ2n) is 10.1. The second-order valence-corrected chi connectivity index (χ2v) is 12.0. The van der Waals surface area contributed by atoms with Crippen molar-refractivity contribution in [1.82, 2.24) is 10.2 Å². The van der Waals surface area contributed by atoms with Gasteiger partial charge < -0.3 is 10.2 Å². The Morgan fingerprint density at radius 3 is 2.00 bits per heavy atom. The molecule has 3 aromatic rings. The van der Waals surface area contributed by atoms with E-state index in [9.17, 15) is 18.0 Å². The standard InChI is InChI=1S/C32H41N3O4S/c1-5-7-22-33-32(37)30(6-2)34(23-26-14-10-8-11-15-26)31(36)24-35(28-20-18-27(19-21-28)25(3)4)40(38,39)29-16-12-9-13-17-29/h8-21,25,30H,5-7,22-24H2,1-4H3,(H,33,37). The predicted molar refractivity (Wildman–Crippen MR) is 160 cm³/mol. The number of carbonyl (C=O) groups excluding carboxylic acids is 2. The van der Waals surface area contributed by atoms with E-state index in [4.69, 9.17) is 0 Å². The highest BCUT2D eigenvalue weighted by atomic mass is 32.2. The van der Waals surface area contributed by atoms with Crippen molar-refractivity contribution in [2.45, 2.75) is 70.4 Å². The number of sulfonamides is 1. The lowest BCUT2D eigenvalue weighted by molar-refractivity contribution is -0.140. The molecule has 0 aromatic heterocycles.